The number of hydrogen-bond donors (Lipinski definition) is 2. The normalized spacial score (nSPS) is 10.8. The zero-order valence-corrected chi connectivity index (χ0v) is 14.6. The largest absolute Gasteiger partial charge is 0.454 e. The maximum atomic E-state index is 12.5. The number of ether oxygens (including phenoxy) is 1. The number of halogens is 3. The highest BCUT2D eigenvalue weighted by Crippen LogP contribution is 2.29. The van der Waals surface area contributed by atoms with E-state index in [0.29, 0.717) is 0 Å². The predicted octanol–water partition coefficient (Wildman–Crippen LogP) is 2.29. The number of carbonyl (C=O) groups excluding carboxylic acids is 3. The summed E-state index contributed by atoms with van der Waals surface area (Å²) in [7, 11) is 0. The van der Waals surface area contributed by atoms with Crippen molar-refractivity contribution in [3.05, 3.63) is 71.3 Å². The minimum atomic E-state index is -4.50. The Labute approximate surface area is 158 Å². The van der Waals surface area contributed by atoms with Crippen molar-refractivity contribution in [2.75, 3.05) is 13.2 Å². The molecule has 0 atom stereocenters. The molecule has 0 saturated heterocycles. The number of amides is 2. The standard InChI is InChI=1S/C19H17F3N2O4/c20-19(21,22)15-8-6-14(7-9-15)18(27)24-11-17(26)28-12-16(25)23-10-13-4-2-1-3-5-13/h1-9H,10-12H2,(H,23,25)(H,24,27). The maximum Gasteiger partial charge on any atom is 0.416 e. The molecule has 0 bridgehead atoms. The smallest absolute Gasteiger partial charge is 0.416 e. The molecule has 0 radical (unpaired) electrons. The van der Waals surface area contributed by atoms with Gasteiger partial charge in [0.25, 0.3) is 11.8 Å². The van der Waals surface area contributed by atoms with Crippen LogP contribution in [0.15, 0.2) is 54.6 Å². The van der Waals surface area contributed by atoms with Crippen molar-refractivity contribution in [2.24, 2.45) is 0 Å². The van der Waals surface area contributed by atoms with E-state index in [1.54, 1.807) is 0 Å². The summed E-state index contributed by atoms with van der Waals surface area (Å²) in [5.74, 6) is -2.10. The molecule has 9 heteroatoms. The molecule has 148 valence electrons. The lowest BCUT2D eigenvalue weighted by Gasteiger charge is -2.09. The Kier molecular flexibility index (Phi) is 7.14. The lowest BCUT2D eigenvalue weighted by molar-refractivity contribution is -0.147. The van der Waals surface area contributed by atoms with Crippen molar-refractivity contribution in [3.8, 4) is 0 Å². The zero-order chi connectivity index (χ0) is 20.6. The number of benzene rings is 2. The summed E-state index contributed by atoms with van der Waals surface area (Å²) < 4.78 is 42.2. The third-order valence-corrected chi connectivity index (χ3v) is 3.56. The van der Waals surface area contributed by atoms with E-state index in [2.05, 4.69) is 10.6 Å². The lowest BCUT2D eigenvalue weighted by Crippen LogP contribution is -2.33. The van der Waals surface area contributed by atoms with Gasteiger partial charge < -0.3 is 15.4 Å². The highest BCUT2D eigenvalue weighted by Gasteiger charge is 2.30. The summed E-state index contributed by atoms with van der Waals surface area (Å²) in [6.07, 6.45) is -4.50. The van der Waals surface area contributed by atoms with Crippen LogP contribution in [0.1, 0.15) is 21.5 Å². The predicted molar refractivity (Wildman–Crippen MR) is 93.0 cm³/mol. The fourth-order valence-corrected chi connectivity index (χ4v) is 2.11. The Bertz CT molecular complexity index is 821. The van der Waals surface area contributed by atoms with Crippen molar-refractivity contribution in [3.63, 3.8) is 0 Å². The summed E-state index contributed by atoms with van der Waals surface area (Å²) in [6.45, 7) is -0.754. The van der Waals surface area contributed by atoms with E-state index in [9.17, 15) is 27.6 Å². The number of alkyl halides is 3. The minimum absolute atomic E-state index is 0.0404. The SMILES string of the molecule is O=C(COC(=O)CNC(=O)c1ccc(C(F)(F)F)cc1)NCc1ccccc1. The first-order valence-corrected chi connectivity index (χ1v) is 8.17. The molecule has 2 N–H and O–H groups in total. The van der Waals surface area contributed by atoms with Gasteiger partial charge in [-0.2, -0.15) is 13.2 Å². The van der Waals surface area contributed by atoms with Crippen LogP contribution >= 0.6 is 0 Å². The molecule has 0 aliphatic heterocycles. The minimum Gasteiger partial charge on any atom is -0.454 e. The molecular weight excluding hydrogens is 377 g/mol. The number of hydrogen-bond acceptors (Lipinski definition) is 4. The fraction of sp³-hybridized carbons (Fsp3) is 0.211. The average Bonchev–Trinajstić information content (AvgIpc) is 2.69. The van der Waals surface area contributed by atoms with Crippen molar-refractivity contribution in [1.82, 2.24) is 10.6 Å². The van der Waals surface area contributed by atoms with Gasteiger partial charge in [-0.1, -0.05) is 30.3 Å². The Morgan fingerprint density at radius 1 is 0.893 bits per heavy atom. The molecule has 0 heterocycles. The van der Waals surface area contributed by atoms with Crippen LogP contribution in [-0.4, -0.2) is 30.9 Å². The van der Waals surface area contributed by atoms with E-state index in [4.69, 9.17) is 4.74 Å². The van der Waals surface area contributed by atoms with Crippen LogP contribution < -0.4 is 10.6 Å². The van der Waals surface area contributed by atoms with Crippen molar-refractivity contribution in [2.45, 2.75) is 12.7 Å². The van der Waals surface area contributed by atoms with Gasteiger partial charge in [-0.3, -0.25) is 14.4 Å². The van der Waals surface area contributed by atoms with Gasteiger partial charge in [0.15, 0.2) is 6.61 Å². The summed E-state index contributed by atoms with van der Waals surface area (Å²) in [6, 6.07) is 12.7. The molecule has 2 rings (SSSR count). The molecule has 0 aliphatic rings. The van der Waals surface area contributed by atoms with Crippen LogP contribution in [0.25, 0.3) is 0 Å². The van der Waals surface area contributed by atoms with E-state index in [1.807, 2.05) is 30.3 Å². The van der Waals surface area contributed by atoms with Crippen molar-refractivity contribution in [1.29, 1.82) is 0 Å². The molecule has 2 amide bonds. The monoisotopic (exact) mass is 394 g/mol. The first-order chi connectivity index (χ1) is 13.3. The number of carbonyl (C=O) groups is 3. The molecule has 0 aliphatic carbocycles. The van der Waals surface area contributed by atoms with Crippen LogP contribution in [0, 0.1) is 0 Å². The molecule has 0 unspecified atom stereocenters. The van der Waals surface area contributed by atoms with E-state index in [1.165, 1.54) is 0 Å². The molecule has 0 spiro atoms. The van der Waals surface area contributed by atoms with Gasteiger partial charge in [-0.25, -0.2) is 0 Å². The van der Waals surface area contributed by atoms with E-state index < -0.39 is 42.7 Å². The highest BCUT2D eigenvalue weighted by atomic mass is 19.4. The summed E-state index contributed by atoms with van der Waals surface area (Å²) in [5, 5.41) is 4.78. The van der Waals surface area contributed by atoms with Gasteiger partial charge in [-0.05, 0) is 29.8 Å². The Morgan fingerprint density at radius 2 is 1.54 bits per heavy atom. The molecule has 0 fully saturated rings. The number of rotatable bonds is 7. The van der Waals surface area contributed by atoms with Crippen molar-refractivity contribution < 1.29 is 32.3 Å². The molecule has 6 nitrogen and oxygen atoms in total. The molecule has 2 aromatic carbocycles. The van der Waals surface area contributed by atoms with Gasteiger partial charge >= 0.3 is 12.1 Å². The Morgan fingerprint density at radius 3 is 2.14 bits per heavy atom. The molecule has 0 aromatic heterocycles. The van der Waals surface area contributed by atoms with E-state index in [0.717, 1.165) is 29.8 Å². The van der Waals surface area contributed by atoms with E-state index in [-0.39, 0.29) is 12.1 Å². The Hall–Kier alpha value is -3.36. The number of esters is 1. The van der Waals surface area contributed by atoms with Crippen LogP contribution in [-0.2, 0) is 27.0 Å². The zero-order valence-electron chi connectivity index (χ0n) is 14.6. The van der Waals surface area contributed by atoms with Gasteiger partial charge in [-0.15, -0.1) is 0 Å². The van der Waals surface area contributed by atoms with E-state index >= 15 is 0 Å². The Balaban J connectivity index is 1.70. The fourth-order valence-electron chi connectivity index (χ4n) is 2.11. The van der Waals surface area contributed by atoms with Gasteiger partial charge in [0.2, 0.25) is 0 Å². The van der Waals surface area contributed by atoms with Crippen LogP contribution in [0.4, 0.5) is 13.2 Å². The van der Waals surface area contributed by atoms with Gasteiger partial charge in [0.05, 0.1) is 5.56 Å². The topological polar surface area (TPSA) is 84.5 Å². The first kappa shape index (κ1) is 20.9. The lowest BCUT2D eigenvalue weighted by atomic mass is 10.1. The second-order valence-electron chi connectivity index (χ2n) is 5.68. The first-order valence-electron chi connectivity index (χ1n) is 8.17. The second kappa shape index (κ2) is 9.54. The maximum absolute atomic E-state index is 12.5. The van der Waals surface area contributed by atoms with Crippen LogP contribution in [0.5, 0.6) is 0 Å². The molecule has 28 heavy (non-hydrogen) atoms. The van der Waals surface area contributed by atoms with Crippen LogP contribution in [0.2, 0.25) is 0 Å². The molecule has 0 saturated carbocycles. The third-order valence-electron chi connectivity index (χ3n) is 3.56. The summed E-state index contributed by atoms with van der Waals surface area (Å²) >= 11 is 0. The highest BCUT2D eigenvalue weighted by molar-refractivity contribution is 5.96. The quantitative estimate of drug-likeness (QED) is 0.706. The van der Waals surface area contributed by atoms with Crippen molar-refractivity contribution >= 4 is 17.8 Å². The number of nitrogens with one attached hydrogen (secondary N) is 2. The van der Waals surface area contributed by atoms with Gasteiger partial charge in [0, 0.05) is 12.1 Å². The van der Waals surface area contributed by atoms with Gasteiger partial charge in [0.1, 0.15) is 6.54 Å². The van der Waals surface area contributed by atoms with Crippen LogP contribution in [0.3, 0.4) is 0 Å². The molecular formula is C19H17F3N2O4. The summed E-state index contributed by atoms with van der Waals surface area (Å²) in [4.78, 5) is 35.0. The average molecular weight is 394 g/mol. The third kappa shape index (κ3) is 6.75. The second-order valence-corrected chi connectivity index (χ2v) is 5.68. The summed E-state index contributed by atoms with van der Waals surface area (Å²) in [5.41, 5.74) is -0.0441. The molecule has 2 aromatic rings.